The van der Waals surface area contributed by atoms with Crippen molar-refractivity contribution in [1.29, 1.82) is 0 Å². The zero-order valence-electron chi connectivity index (χ0n) is 8.71. The SMILES string of the molecule is NC1(c2ccc3c(C(F)(F)F)onc3c2)CC1. The van der Waals surface area contributed by atoms with Crippen LogP contribution in [0.4, 0.5) is 13.2 Å². The molecule has 1 saturated carbocycles. The lowest BCUT2D eigenvalue weighted by molar-refractivity contribution is -0.154. The molecule has 0 bridgehead atoms. The molecule has 1 aromatic heterocycles. The van der Waals surface area contributed by atoms with Crippen LogP contribution in [0.3, 0.4) is 0 Å². The fourth-order valence-electron chi connectivity index (χ4n) is 1.88. The van der Waals surface area contributed by atoms with Crippen molar-refractivity contribution in [3.8, 4) is 0 Å². The maximum atomic E-state index is 12.5. The average Bonchev–Trinajstić information content (AvgIpc) is 2.85. The first-order valence-corrected chi connectivity index (χ1v) is 5.16. The quantitative estimate of drug-likeness (QED) is 0.836. The Kier molecular flexibility index (Phi) is 1.87. The van der Waals surface area contributed by atoms with Gasteiger partial charge in [0, 0.05) is 5.54 Å². The molecule has 1 aromatic carbocycles. The number of nitrogens with two attached hydrogens (primary N) is 1. The highest BCUT2D eigenvalue weighted by Crippen LogP contribution is 2.44. The van der Waals surface area contributed by atoms with E-state index in [1.165, 1.54) is 6.07 Å². The Labute approximate surface area is 94.4 Å². The van der Waals surface area contributed by atoms with Gasteiger partial charge in [-0.3, -0.25) is 0 Å². The van der Waals surface area contributed by atoms with Gasteiger partial charge in [-0.2, -0.15) is 13.2 Å². The smallest absolute Gasteiger partial charge is 0.350 e. The molecule has 0 aliphatic heterocycles. The molecule has 1 fully saturated rings. The molecule has 1 heterocycles. The second-order valence-electron chi connectivity index (χ2n) is 4.40. The number of benzene rings is 1. The molecule has 17 heavy (non-hydrogen) atoms. The molecule has 2 aromatic rings. The van der Waals surface area contributed by atoms with Gasteiger partial charge >= 0.3 is 6.18 Å². The van der Waals surface area contributed by atoms with Crippen LogP contribution in [0.25, 0.3) is 10.9 Å². The highest BCUT2D eigenvalue weighted by Gasteiger charge is 2.41. The first-order chi connectivity index (χ1) is 7.90. The Bertz CT molecular complexity index is 584. The van der Waals surface area contributed by atoms with E-state index in [4.69, 9.17) is 5.73 Å². The number of alkyl halides is 3. The summed E-state index contributed by atoms with van der Waals surface area (Å²) >= 11 is 0. The normalized spacial score (nSPS) is 18.6. The van der Waals surface area contributed by atoms with Crippen LogP contribution in [-0.4, -0.2) is 5.16 Å². The lowest BCUT2D eigenvalue weighted by Crippen LogP contribution is -2.18. The summed E-state index contributed by atoms with van der Waals surface area (Å²) in [5.74, 6) is -1.05. The predicted octanol–water partition coefficient (Wildman–Crippen LogP) is 2.79. The molecule has 1 aliphatic rings. The van der Waals surface area contributed by atoms with E-state index in [1.54, 1.807) is 12.1 Å². The summed E-state index contributed by atoms with van der Waals surface area (Å²) in [7, 11) is 0. The predicted molar refractivity (Wildman–Crippen MR) is 54.1 cm³/mol. The maximum Gasteiger partial charge on any atom is 0.453 e. The molecular formula is C11H9F3N2O. The number of nitrogens with zero attached hydrogens (tertiary/aromatic N) is 1. The number of aromatic nitrogens is 1. The third-order valence-corrected chi connectivity index (χ3v) is 3.10. The lowest BCUT2D eigenvalue weighted by atomic mass is 10.0. The monoisotopic (exact) mass is 242 g/mol. The summed E-state index contributed by atoms with van der Waals surface area (Å²) in [6.07, 6.45) is -2.82. The topological polar surface area (TPSA) is 52.0 Å². The second kappa shape index (κ2) is 3.01. The zero-order chi connectivity index (χ0) is 12.3. The van der Waals surface area contributed by atoms with Crippen LogP contribution >= 0.6 is 0 Å². The molecular weight excluding hydrogens is 233 g/mol. The molecule has 3 rings (SSSR count). The minimum atomic E-state index is -4.52. The van der Waals surface area contributed by atoms with Gasteiger partial charge in [0.05, 0.1) is 5.39 Å². The van der Waals surface area contributed by atoms with Crippen molar-refractivity contribution in [2.24, 2.45) is 5.73 Å². The highest BCUT2D eigenvalue weighted by molar-refractivity contribution is 5.82. The number of halogens is 3. The molecule has 0 saturated heterocycles. The zero-order valence-corrected chi connectivity index (χ0v) is 8.71. The number of fused-ring (bicyclic) bond motifs is 1. The molecule has 90 valence electrons. The fourth-order valence-corrected chi connectivity index (χ4v) is 1.88. The molecule has 3 nitrogen and oxygen atoms in total. The largest absolute Gasteiger partial charge is 0.453 e. The summed E-state index contributed by atoms with van der Waals surface area (Å²) < 4.78 is 42.0. The molecule has 0 amide bonds. The van der Waals surface area contributed by atoms with Crippen molar-refractivity contribution in [3.63, 3.8) is 0 Å². The maximum absolute atomic E-state index is 12.5. The minimum Gasteiger partial charge on any atom is -0.350 e. The van der Waals surface area contributed by atoms with E-state index >= 15 is 0 Å². The second-order valence-corrected chi connectivity index (χ2v) is 4.40. The third-order valence-electron chi connectivity index (χ3n) is 3.10. The fraction of sp³-hybridized carbons (Fsp3) is 0.364. The van der Waals surface area contributed by atoms with Crippen LogP contribution in [0.2, 0.25) is 0 Å². The Hall–Kier alpha value is -1.56. The van der Waals surface area contributed by atoms with E-state index in [0.717, 1.165) is 18.4 Å². The average molecular weight is 242 g/mol. The van der Waals surface area contributed by atoms with Gasteiger partial charge in [0.15, 0.2) is 0 Å². The summed E-state index contributed by atoms with van der Waals surface area (Å²) in [6, 6.07) is 4.56. The van der Waals surface area contributed by atoms with Gasteiger partial charge in [-0.25, -0.2) is 0 Å². The number of hydrogen-bond donors (Lipinski definition) is 1. The van der Waals surface area contributed by atoms with E-state index in [0.29, 0.717) is 0 Å². The molecule has 0 spiro atoms. The molecule has 1 aliphatic carbocycles. The third kappa shape index (κ3) is 1.59. The molecule has 2 N–H and O–H groups in total. The first kappa shape index (κ1) is 10.6. The van der Waals surface area contributed by atoms with Crippen molar-refractivity contribution in [2.45, 2.75) is 24.6 Å². The van der Waals surface area contributed by atoms with Gasteiger partial charge in [-0.15, -0.1) is 0 Å². The molecule has 0 radical (unpaired) electrons. The van der Waals surface area contributed by atoms with Crippen molar-refractivity contribution < 1.29 is 17.7 Å². The van der Waals surface area contributed by atoms with Crippen molar-refractivity contribution in [2.75, 3.05) is 0 Å². The van der Waals surface area contributed by atoms with E-state index in [-0.39, 0.29) is 16.4 Å². The van der Waals surface area contributed by atoms with Crippen LogP contribution < -0.4 is 5.73 Å². The van der Waals surface area contributed by atoms with Crippen LogP contribution in [0, 0.1) is 0 Å². The van der Waals surface area contributed by atoms with Gasteiger partial charge < -0.3 is 10.3 Å². The summed E-state index contributed by atoms with van der Waals surface area (Å²) in [4.78, 5) is 0. The van der Waals surface area contributed by atoms with Crippen LogP contribution in [0.15, 0.2) is 22.7 Å². The van der Waals surface area contributed by atoms with Gasteiger partial charge in [0.1, 0.15) is 5.52 Å². The van der Waals surface area contributed by atoms with Crippen molar-refractivity contribution in [3.05, 3.63) is 29.5 Å². The van der Waals surface area contributed by atoms with Crippen molar-refractivity contribution in [1.82, 2.24) is 5.16 Å². The van der Waals surface area contributed by atoms with E-state index in [9.17, 15) is 13.2 Å². The van der Waals surface area contributed by atoms with Crippen LogP contribution in [0.5, 0.6) is 0 Å². The Morgan fingerprint density at radius 2 is 2.00 bits per heavy atom. The molecule has 6 heteroatoms. The highest BCUT2D eigenvalue weighted by atomic mass is 19.4. The Balaban J connectivity index is 2.14. The van der Waals surface area contributed by atoms with E-state index < -0.39 is 11.9 Å². The van der Waals surface area contributed by atoms with Gasteiger partial charge in [0.25, 0.3) is 0 Å². The van der Waals surface area contributed by atoms with Gasteiger partial charge in [0.2, 0.25) is 5.76 Å². The standard InChI is InChI=1S/C11H9F3N2O/c12-11(13,14)9-7-2-1-6(10(15)3-4-10)5-8(7)16-17-9/h1-2,5H,3-4,15H2. The van der Waals surface area contributed by atoms with E-state index in [1.807, 2.05) is 0 Å². The van der Waals surface area contributed by atoms with Gasteiger partial charge in [-0.1, -0.05) is 11.2 Å². The van der Waals surface area contributed by atoms with Crippen LogP contribution in [0.1, 0.15) is 24.2 Å². The van der Waals surface area contributed by atoms with Crippen molar-refractivity contribution >= 4 is 10.9 Å². The number of hydrogen-bond acceptors (Lipinski definition) is 3. The lowest BCUT2D eigenvalue weighted by Gasteiger charge is -2.08. The summed E-state index contributed by atoms with van der Waals surface area (Å²) in [5, 5.41) is 3.41. The summed E-state index contributed by atoms with van der Waals surface area (Å²) in [5.41, 5.74) is 6.60. The number of rotatable bonds is 1. The summed E-state index contributed by atoms with van der Waals surface area (Å²) in [6.45, 7) is 0. The van der Waals surface area contributed by atoms with Crippen LogP contribution in [-0.2, 0) is 11.7 Å². The molecule has 0 atom stereocenters. The Morgan fingerprint density at radius 1 is 1.29 bits per heavy atom. The first-order valence-electron chi connectivity index (χ1n) is 5.16. The minimum absolute atomic E-state index is 0.0227. The molecule has 0 unspecified atom stereocenters. The van der Waals surface area contributed by atoms with E-state index in [2.05, 4.69) is 9.68 Å². The Morgan fingerprint density at radius 3 is 2.59 bits per heavy atom. The van der Waals surface area contributed by atoms with Gasteiger partial charge in [-0.05, 0) is 30.5 Å².